The Labute approximate surface area is 103 Å². The molecule has 0 bridgehead atoms. The molecule has 0 N–H and O–H groups in total. The highest BCUT2D eigenvalue weighted by Gasteiger charge is 2.05. The Balaban J connectivity index is 2.45. The zero-order valence-corrected chi connectivity index (χ0v) is 10.8. The molecule has 0 spiro atoms. The number of ether oxygens (including phenoxy) is 1. The monoisotopic (exact) mass is 232 g/mol. The minimum Gasteiger partial charge on any atom is -0.458 e. The molecule has 1 aromatic carbocycles. The standard InChI is InChI=1S/C15H20O2/c1-4-12(2)13(3)10-15(16)17-11-14-8-6-5-7-9-14/h5-10,12H,4,11H2,1-3H3/b13-10+. The number of carbonyl (C=O) groups excluding carboxylic acids is 1. The predicted octanol–water partition coefficient (Wildman–Crippen LogP) is 3.72. The summed E-state index contributed by atoms with van der Waals surface area (Å²) < 4.78 is 5.18. The molecule has 0 saturated carbocycles. The number of hydrogen-bond acceptors (Lipinski definition) is 2. The van der Waals surface area contributed by atoms with Crippen molar-refractivity contribution in [1.29, 1.82) is 0 Å². The van der Waals surface area contributed by atoms with E-state index in [9.17, 15) is 4.79 Å². The summed E-state index contributed by atoms with van der Waals surface area (Å²) in [6.07, 6.45) is 2.63. The van der Waals surface area contributed by atoms with E-state index in [0.717, 1.165) is 17.6 Å². The summed E-state index contributed by atoms with van der Waals surface area (Å²) in [5.41, 5.74) is 2.08. The molecule has 1 atom stereocenters. The van der Waals surface area contributed by atoms with Crippen LogP contribution in [-0.4, -0.2) is 5.97 Å². The Hall–Kier alpha value is -1.57. The predicted molar refractivity (Wildman–Crippen MR) is 69.5 cm³/mol. The van der Waals surface area contributed by atoms with Crippen molar-refractivity contribution in [3.63, 3.8) is 0 Å². The van der Waals surface area contributed by atoms with Gasteiger partial charge in [-0.2, -0.15) is 0 Å². The van der Waals surface area contributed by atoms with E-state index in [4.69, 9.17) is 4.74 Å². The largest absolute Gasteiger partial charge is 0.458 e. The topological polar surface area (TPSA) is 26.3 Å². The SMILES string of the molecule is CCC(C)/C(C)=C/C(=O)OCc1ccccc1. The summed E-state index contributed by atoms with van der Waals surface area (Å²) in [5, 5.41) is 0. The average Bonchev–Trinajstić information content (AvgIpc) is 2.36. The van der Waals surface area contributed by atoms with Crippen LogP contribution in [0.5, 0.6) is 0 Å². The molecule has 0 saturated heterocycles. The van der Waals surface area contributed by atoms with Crippen LogP contribution in [0.25, 0.3) is 0 Å². The summed E-state index contributed by atoms with van der Waals surface area (Å²) >= 11 is 0. The zero-order valence-electron chi connectivity index (χ0n) is 10.8. The fourth-order valence-electron chi connectivity index (χ4n) is 1.42. The lowest BCUT2D eigenvalue weighted by Crippen LogP contribution is -2.04. The van der Waals surface area contributed by atoms with Crippen molar-refractivity contribution in [2.75, 3.05) is 0 Å². The summed E-state index contributed by atoms with van der Waals surface area (Å²) in [7, 11) is 0. The second kappa shape index (κ2) is 6.89. The number of benzene rings is 1. The maximum absolute atomic E-state index is 11.5. The molecule has 0 aliphatic carbocycles. The lowest BCUT2D eigenvalue weighted by Gasteiger charge is -2.08. The number of allylic oxidation sites excluding steroid dienone is 1. The van der Waals surface area contributed by atoms with Gasteiger partial charge >= 0.3 is 5.97 Å². The lowest BCUT2D eigenvalue weighted by atomic mass is 10.00. The van der Waals surface area contributed by atoms with E-state index in [1.807, 2.05) is 37.3 Å². The first-order valence-electron chi connectivity index (χ1n) is 6.02. The molecule has 0 aromatic heterocycles. The fraction of sp³-hybridized carbons (Fsp3) is 0.400. The van der Waals surface area contributed by atoms with E-state index >= 15 is 0 Å². The molecule has 92 valence electrons. The van der Waals surface area contributed by atoms with Gasteiger partial charge in [-0.05, 0) is 24.8 Å². The van der Waals surface area contributed by atoms with Gasteiger partial charge in [0.1, 0.15) is 6.61 Å². The first kappa shape index (κ1) is 13.5. The van der Waals surface area contributed by atoms with Crippen LogP contribution in [0.4, 0.5) is 0 Å². The van der Waals surface area contributed by atoms with E-state index in [2.05, 4.69) is 13.8 Å². The summed E-state index contributed by atoms with van der Waals surface area (Å²) in [6.45, 7) is 6.52. The van der Waals surface area contributed by atoms with Crippen LogP contribution in [0.3, 0.4) is 0 Å². The van der Waals surface area contributed by atoms with Crippen molar-refractivity contribution in [2.24, 2.45) is 5.92 Å². The van der Waals surface area contributed by atoms with Gasteiger partial charge in [-0.25, -0.2) is 4.79 Å². The van der Waals surface area contributed by atoms with Crippen LogP contribution in [0, 0.1) is 5.92 Å². The highest BCUT2D eigenvalue weighted by Crippen LogP contribution is 2.13. The third kappa shape index (κ3) is 4.85. The molecule has 0 heterocycles. The van der Waals surface area contributed by atoms with Gasteiger partial charge in [0.15, 0.2) is 0 Å². The highest BCUT2D eigenvalue weighted by atomic mass is 16.5. The Bertz CT molecular complexity index is 379. The molecule has 2 nitrogen and oxygen atoms in total. The van der Waals surface area contributed by atoms with E-state index in [1.165, 1.54) is 0 Å². The van der Waals surface area contributed by atoms with Crippen LogP contribution in [0.1, 0.15) is 32.8 Å². The van der Waals surface area contributed by atoms with Crippen LogP contribution in [0.15, 0.2) is 42.0 Å². The van der Waals surface area contributed by atoms with Crippen molar-refractivity contribution in [2.45, 2.75) is 33.8 Å². The van der Waals surface area contributed by atoms with Gasteiger partial charge in [-0.15, -0.1) is 0 Å². The van der Waals surface area contributed by atoms with E-state index in [1.54, 1.807) is 6.08 Å². The van der Waals surface area contributed by atoms with Crippen molar-refractivity contribution in [3.8, 4) is 0 Å². The zero-order chi connectivity index (χ0) is 12.7. The quantitative estimate of drug-likeness (QED) is 0.571. The van der Waals surface area contributed by atoms with Gasteiger partial charge in [0.25, 0.3) is 0 Å². The normalized spacial score (nSPS) is 13.2. The van der Waals surface area contributed by atoms with Gasteiger partial charge in [0.05, 0.1) is 0 Å². The molecule has 0 radical (unpaired) electrons. The molecule has 0 amide bonds. The Morgan fingerprint density at radius 2 is 2.00 bits per heavy atom. The third-order valence-electron chi connectivity index (χ3n) is 2.96. The minimum absolute atomic E-state index is 0.258. The van der Waals surface area contributed by atoms with Crippen molar-refractivity contribution < 1.29 is 9.53 Å². The van der Waals surface area contributed by atoms with E-state index in [0.29, 0.717) is 12.5 Å². The van der Waals surface area contributed by atoms with Crippen molar-refractivity contribution in [3.05, 3.63) is 47.5 Å². The molecular weight excluding hydrogens is 212 g/mol. The molecule has 0 aliphatic heterocycles. The summed E-state index contributed by atoms with van der Waals surface area (Å²) in [5.74, 6) is 0.172. The van der Waals surface area contributed by atoms with Crippen molar-refractivity contribution in [1.82, 2.24) is 0 Å². The van der Waals surface area contributed by atoms with E-state index in [-0.39, 0.29) is 5.97 Å². The van der Waals surface area contributed by atoms with Crippen LogP contribution >= 0.6 is 0 Å². The molecule has 1 unspecified atom stereocenters. The van der Waals surface area contributed by atoms with Gasteiger partial charge in [0.2, 0.25) is 0 Å². The third-order valence-corrected chi connectivity index (χ3v) is 2.96. The van der Waals surface area contributed by atoms with Crippen molar-refractivity contribution >= 4 is 5.97 Å². The second-order valence-electron chi connectivity index (χ2n) is 4.29. The molecular formula is C15H20O2. The van der Waals surface area contributed by atoms with Crippen LogP contribution < -0.4 is 0 Å². The lowest BCUT2D eigenvalue weighted by molar-refractivity contribution is -0.139. The molecule has 0 aliphatic rings. The number of hydrogen-bond donors (Lipinski definition) is 0. The number of esters is 1. The summed E-state index contributed by atoms with van der Waals surface area (Å²) in [6, 6.07) is 9.70. The maximum atomic E-state index is 11.5. The van der Waals surface area contributed by atoms with E-state index < -0.39 is 0 Å². The average molecular weight is 232 g/mol. The Morgan fingerprint density at radius 1 is 1.35 bits per heavy atom. The molecule has 1 aromatic rings. The van der Waals surface area contributed by atoms with Gasteiger partial charge < -0.3 is 4.74 Å². The molecule has 1 rings (SSSR count). The van der Waals surface area contributed by atoms with Gasteiger partial charge in [-0.1, -0.05) is 49.8 Å². The molecule has 17 heavy (non-hydrogen) atoms. The first-order valence-corrected chi connectivity index (χ1v) is 6.02. The highest BCUT2D eigenvalue weighted by molar-refractivity contribution is 5.82. The van der Waals surface area contributed by atoms with Crippen LogP contribution in [0.2, 0.25) is 0 Å². The Morgan fingerprint density at radius 3 is 2.59 bits per heavy atom. The first-order chi connectivity index (χ1) is 8.13. The Kier molecular flexibility index (Phi) is 5.47. The minimum atomic E-state index is -0.258. The maximum Gasteiger partial charge on any atom is 0.331 e. The summed E-state index contributed by atoms with van der Waals surface area (Å²) in [4.78, 5) is 11.5. The van der Waals surface area contributed by atoms with Gasteiger partial charge in [0, 0.05) is 6.08 Å². The number of rotatable bonds is 5. The molecule has 0 fully saturated rings. The smallest absolute Gasteiger partial charge is 0.331 e. The second-order valence-corrected chi connectivity index (χ2v) is 4.29. The molecule has 2 heteroatoms. The fourth-order valence-corrected chi connectivity index (χ4v) is 1.42. The number of carbonyl (C=O) groups is 1. The van der Waals surface area contributed by atoms with Gasteiger partial charge in [-0.3, -0.25) is 0 Å². The van der Waals surface area contributed by atoms with Crippen LogP contribution in [-0.2, 0) is 16.1 Å².